The lowest BCUT2D eigenvalue weighted by molar-refractivity contribution is -0.149. The Morgan fingerprint density at radius 3 is 2.47 bits per heavy atom. The number of aliphatic hydroxyl groups is 1. The summed E-state index contributed by atoms with van der Waals surface area (Å²) in [5.41, 5.74) is 1.12. The minimum atomic E-state index is -1.45. The fourth-order valence-corrected chi connectivity index (χ4v) is 5.98. The SMILES string of the molecule is N#Cc1cccc(CN2CC3[C@H](C2)[C@H]3NC(=O)C(O)(c2ccccc2)C2CCCCC2)c1. The molecule has 1 saturated heterocycles. The number of fused-ring (bicyclic) bond motifs is 1. The molecule has 2 unspecified atom stereocenters. The van der Waals surface area contributed by atoms with E-state index < -0.39 is 5.60 Å². The number of rotatable bonds is 6. The van der Waals surface area contributed by atoms with Gasteiger partial charge in [-0.15, -0.1) is 0 Å². The van der Waals surface area contributed by atoms with Crippen molar-refractivity contribution in [3.8, 4) is 6.07 Å². The van der Waals surface area contributed by atoms with E-state index in [4.69, 9.17) is 5.26 Å². The first-order valence-corrected chi connectivity index (χ1v) is 11.9. The van der Waals surface area contributed by atoms with Crippen molar-refractivity contribution in [1.82, 2.24) is 10.2 Å². The maximum absolute atomic E-state index is 13.5. The van der Waals surface area contributed by atoms with Gasteiger partial charge in [0.2, 0.25) is 0 Å². The summed E-state index contributed by atoms with van der Waals surface area (Å²) in [5, 5.41) is 24.1. The van der Waals surface area contributed by atoms with Crippen LogP contribution in [-0.2, 0) is 16.9 Å². The smallest absolute Gasteiger partial charge is 0.257 e. The van der Waals surface area contributed by atoms with Crippen LogP contribution in [0.1, 0.15) is 48.8 Å². The topological polar surface area (TPSA) is 76.4 Å². The number of carbonyl (C=O) groups excluding carboxylic acids is 1. The maximum atomic E-state index is 13.5. The summed E-state index contributed by atoms with van der Waals surface area (Å²) >= 11 is 0. The van der Waals surface area contributed by atoms with Crippen LogP contribution in [0.5, 0.6) is 0 Å². The van der Waals surface area contributed by atoms with Gasteiger partial charge in [0, 0.05) is 31.6 Å². The lowest BCUT2D eigenvalue weighted by atomic mass is 9.73. The molecular weight excluding hydrogens is 398 g/mol. The van der Waals surface area contributed by atoms with E-state index in [0.29, 0.717) is 23.0 Å². The van der Waals surface area contributed by atoms with Gasteiger partial charge in [0.15, 0.2) is 5.60 Å². The van der Waals surface area contributed by atoms with Crippen molar-refractivity contribution in [2.24, 2.45) is 17.8 Å². The zero-order valence-corrected chi connectivity index (χ0v) is 18.4. The van der Waals surface area contributed by atoms with Crippen molar-refractivity contribution in [1.29, 1.82) is 5.26 Å². The Morgan fingerprint density at radius 2 is 1.78 bits per heavy atom. The van der Waals surface area contributed by atoms with Crippen LogP contribution in [0.15, 0.2) is 54.6 Å². The molecule has 2 saturated carbocycles. The Morgan fingerprint density at radius 1 is 1.06 bits per heavy atom. The highest BCUT2D eigenvalue weighted by Gasteiger charge is 2.58. The molecule has 5 nitrogen and oxygen atoms in total. The van der Waals surface area contributed by atoms with Crippen molar-refractivity contribution < 1.29 is 9.90 Å². The van der Waals surface area contributed by atoms with Crippen LogP contribution in [0.2, 0.25) is 0 Å². The molecule has 2 aliphatic carbocycles. The van der Waals surface area contributed by atoms with E-state index in [0.717, 1.165) is 50.9 Å². The molecule has 3 fully saturated rings. The Kier molecular flexibility index (Phi) is 5.75. The summed E-state index contributed by atoms with van der Waals surface area (Å²) in [4.78, 5) is 15.9. The molecule has 0 bridgehead atoms. The number of carbonyl (C=O) groups is 1. The van der Waals surface area contributed by atoms with E-state index in [-0.39, 0.29) is 17.9 Å². The Labute approximate surface area is 190 Å². The number of benzene rings is 2. The fourth-order valence-electron chi connectivity index (χ4n) is 5.98. The van der Waals surface area contributed by atoms with Crippen molar-refractivity contribution in [3.05, 3.63) is 71.3 Å². The molecule has 32 heavy (non-hydrogen) atoms. The summed E-state index contributed by atoms with van der Waals surface area (Å²) in [7, 11) is 0. The predicted molar refractivity (Wildman–Crippen MR) is 122 cm³/mol. The second-order valence-corrected chi connectivity index (χ2v) is 9.80. The van der Waals surface area contributed by atoms with E-state index in [1.807, 2.05) is 48.5 Å². The number of likely N-dealkylation sites (tertiary alicyclic amines) is 1. The normalized spacial score (nSPS) is 27.2. The molecule has 2 aromatic rings. The van der Waals surface area contributed by atoms with E-state index in [1.165, 1.54) is 6.42 Å². The quantitative estimate of drug-likeness (QED) is 0.736. The van der Waals surface area contributed by atoms with Crippen LogP contribution >= 0.6 is 0 Å². The number of nitriles is 1. The van der Waals surface area contributed by atoms with Gasteiger partial charge in [-0.05, 0) is 47.9 Å². The summed E-state index contributed by atoms with van der Waals surface area (Å²) in [6.45, 7) is 2.72. The average molecular weight is 430 g/mol. The van der Waals surface area contributed by atoms with Crippen molar-refractivity contribution in [3.63, 3.8) is 0 Å². The molecular formula is C27H31N3O2. The Hall–Kier alpha value is -2.68. The summed E-state index contributed by atoms with van der Waals surface area (Å²) in [6.07, 6.45) is 5.12. The molecule has 4 atom stereocenters. The summed E-state index contributed by atoms with van der Waals surface area (Å²) in [5.74, 6) is 0.651. The van der Waals surface area contributed by atoms with Crippen LogP contribution in [0.3, 0.4) is 0 Å². The third-order valence-corrected chi connectivity index (χ3v) is 7.79. The second-order valence-electron chi connectivity index (χ2n) is 9.80. The number of nitrogens with zero attached hydrogens (tertiary/aromatic N) is 2. The Bertz CT molecular complexity index is 999. The highest BCUT2D eigenvalue weighted by molar-refractivity contribution is 5.87. The molecule has 1 aliphatic heterocycles. The van der Waals surface area contributed by atoms with Crippen LogP contribution in [0.4, 0.5) is 0 Å². The zero-order chi connectivity index (χ0) is 22.1. The van der Waals surface area contributed by atoms with Crippen molar-refractivity contribution >= 4 is 5.91 Å². The van der Waals surface area contributed by atoms with Crippen LogP contribution in [0.25, 0.3) is 0 Å². The van der Waals surface area contributed by atoms with Crippen molar-refractivity contribution in [2.75, 3.05) is 13.1 Å². The number of hydrogen-bond donors (Lipinski definition) is 2. The first-order valence-electron chi connectivity index (χ1n) is 11.9. The molecule has 166 valence electrons. The standard InChI is InChI=1S/C27H31N3O2/c28-15-19-8-7-9-20(14-19)16-30-17-23-24(18-30)25(23)29-26(31)27(32,21-10-3-1-4-11-21)22-12-5-2-6-13-22/h1,3-4,7-11,14,22-25,32H,2,5-6,12-13,16-18H2,(H,29,31)/t23-,24?,25+,27?/m0/s1. The largest absolute Gasteiger partial charge is 0.375 e. The van der Waals surface area contributed by atoms with Gasteiger partial charge in [0.25, 0.3) is 5.91 Å². The van der Waals surface area contributed by atoms with E-state index >= 15 is 0 Å². The van der Waals surface area contributed by atoms with Crippen LogP contribution < -0.4 is 5.32 Å². The van der Waals surface area contributed by atoms with Gasteiger partial charge in [-0.1, -0.05) is 61.7 Å². The molecule has 0 radical (unpaired) electrons. The second kappa shape index (κ2) is 8.69. The van der Waals surface area contributed by atoms with Gasteiger partial charge < -0.3 is 10.4 Å². The van der Waals surface area contributed by atoms with Crippen molar-refractivity contribution in [2.45, 2.75) is 50.3 Å². The summed E-state index contributed by atoms with van der Waals surface area (Å²) < 4.78 is 0. The highest BCUT2D eigenvalue weighted by Crippen LogP contribution is 2.47. The van der Waals surface area contributed by atoms with Gasteiger partial charge in [0.1, 0.15) is 0 Å². The molecule has 1 heterocycles. The first kappa shape index (κ1) is 21.2. The molecule has 1 amide bonds. The minimum absolute atomic E-state index is 0.0267. The fraction of sp³-hybridized carbons (Fsp3) is 0.481. The van der Waals surface area contributed by atoms with E-state index in [2.05, 4.69) is 22.4 Å². The number of amides is 1. The third-order valence-electron chi connectivity index (χ3n) is 7.79. The van der Waals surface area contributed by atoms with Gasteiger partial charge in [0.05, 0.1) is 11.6 Å². The molecule has 5 rings (SSSR count). The van der Waals surface area contributed by atoms with Gasteiger partial charge in [-0.3, -0.25) is 9.69 Å². The lowest BCUT2D eigenvalue weighted by Gasteiger charge is -2.38. The number of hydrogen-bond acceptors (Lipinski definition) is 4. The number of piperidine rings is 1. The molecule has 0 aromatic heterocycles. The third kappa shape index (κ3) is 3.94. The predicted octanol–water partition coefficient (Wildman–Crippen LogP) is 3.57. The summed E-state index contributed by atoms with van der Waals surface area (Å²) in [6, 6.07) is 19.6. The molecule has 2 aromatic carbocycles. The molecule has 3 aliphatic rings. The van der Waals surface area contributed by atoms with Crippen LogP contribution in [0, 0.1) is 29.1 Å². The highest BCUT2D eigenvalue weighted by atomic mass is 16.3. The molecule has 2 N–H and O–H groups in total. The van der Waals surface area contributed by atoms with E-state index in [1.54, 1.807) is 0 Å². The van der Waals surface area contributed by atoms with Gasteiger partial charge in [-0.2, -0.15) is 5.26 Å². The van der Waals surface area contributed by atoms with E-state index in [9.17, 15) is 9.90 Å². The zero-order valence-electron chi connectivity index (χ0n) is 18.4. The first-order chi connectivity index (χ1) is 15.6. The molecule has 5 heteroatoms. The van der Waals surface area contributed by atoms with Gasteiger partial charge >= 0.3 is 0 Å². The van der Waals surface area contributed by atoms with Crippen LogP contribution in [-0.4, -0.2) is 35.0 Å². The minimum Gasteiger partial charge on any atom is -0.375 e. The molecule has 0 spiro atoms. The van der Waals surface area contributed by atoms with Gasteiger partial charge in [-0.25, -0.2) is 0 Å². The Balaban J connectivity index is 1.23. The monoisotopic (exact) mass is 429 g/mol. The average Bonchev–Trinajstić information content (AvgIpc) is 3.28. The maximum Gasteiger partial charge on any atom is 0.257 e. The number of nitrogens with one attached hydrogen (secondary N) is 1. The lowest BCUT2D eigenvalue weighted by Crippen LogP contribution is -2.51.